The normalized spacial score (nSPS) is 12.2. The lowest BCUT2D eigenvalue weighted by Crippen LogP contribution is -2.13. The Bertz CT molecular complexity index is 1320. The van der Waals surface area contributed by atoms with Crippen molar-refractivity contribution < 1.29 is 4.79 Å². The van der Waals surface area contributed by atoms with Gasteiger partial charge in [-0.05, 0) is 30.2 Å². The number of nitrogens with zero attached hydrogens (tertiary/aromatic N) is 4. The number of benzene rings is 2. The van der Waals surface area contributed by atoms with E-state index in [1.54, 1.807) is 12.4 Å². The summed E-state index contributed by atoms with van der Waals surface area (Å²) in [4.78, 5) is 12.9. The maximum Gasteiger partial charge on any atom is 0.276 e. The van der Waals surface area contributed by atoms with Crippen LogP contribution < -0.4 is 5.32 Å². The predicted octanol–water partition coefficient (Wildman–Crippen LogP) is 4.40. The van der Waals surface area contributed by atoms with Crippen LogP contribution in [-0.2, 0) is 0 Å². The van der Waals surface area contributed by atoms with Crippen LogP contribution in [0.1, 0.15) is 35.4 Å². The predicted molar refractivity (Wildman–Crippen MR) is 119 cm³/mol. The van der Waals surface area contributed by atoms with Gasteiger partial charge >= 0.3 is 0 Å². The Kier molecular flexibility index (Phi) is 4.80. The van der Waals surface area contributed by atoms with Gasteiger partial charge in [-0.15, -0.1) is 0 Å². The molecule has 3 heterocycles. The molecule has 0 saturated heterocycles. The fraction of sp³-hybridized carbons (Fsp3) is 0.130. The van der Waals surface area contributed by atoms with Gasteiger partial charge < -0.3 is 5.32 Å². The number of carbonyl (C=O) groups is 1. The molecule has 0 aliphatic heterocycles. The average Bonchev–Trinajstić information content (AvgIpc) is 3.56. The van der Waals surface area contributed by atoms with Gasteiger partial charge in [0.2, 0.25) is 0 Å². The SMILES string of the molecule is CC[C@@H](c1ccccc1)n1cc(NC(=O)c2n[nH]c3cc(-c4ccn[nH]4)ccc23)cn1. The maximum absolute atomic E-state index is 12.9. The van der Waals surface area contributed by atoms with Crippen LogP contribution in [0.15, 0.2) is 73.2 Å². The van der Waals surface area contributed by atoms with Gasteiger partial charge in [0.25, 0.3) is 5.91 Å². The molecular formula is C23H21N7O. The van der Waals surface area contributed by atoms with Gasteiger partial charge in [-0.2, -0.15) is 15.3 Å². The summed E-state index contributed by atoms with van der Waals surface area (Å²) < 4.78 is 1.88. The first-order valence-corrected chi connectivity index (χ1v) is 10.1. The highest BCUT2D eigenvalue weighted by Gasteiger charge is 2.17. The van der Waals surface area contributed by atoms with Crippen molar-refractivity contribution >= 4 is 22.5 Å². The lowest BCUT2D eigenvalue weighted by Gasteiger charge is -2.15. The summed E-state index contributed by atoms with van der Waals surface area (Å²) in [5, 5.41) is 22.2. The van der Waals surface area contributed by atoms with Crippen LogP contribution in [-0.4, -0.2) is 36.1 Å². The molecular weight excluding hydrogens is 390 g/mol. The van der Waals surface area contributed by atoms with E-state index in [-0.39, 0.29) is 11.9 Å². The summed E-state index contributed by atoms with van der Waals surface area (Å²) >= 11 is 0. The molecule has 0 aliphatic carbocycles. The number of aromatic nitrogens is 6. The van der Waals surface area contributed by atoms with Crippen molar-refractivity contribution in [2.24, 2.45) is 0 Å². The molecule has 0 bridgehead atoms. The molecule has 0 radical (unpaired) electrons. The zero-order valence-corrected chi connectivity index (χ0v) is 16.9. The molecule has 0 spiro atoms. The van der Waals surface area contributed by atoms with Gasteiger partial charge in [-0.3, -0.25) is 19.7 Å². The smallest absolute Gasteiger partial charge is 0.276 e. The number of hydrogen-bond donors (Lipinski definition) is 3. The van der Waals surface area contributed by atoms with Crippen molar-refractivity contribution in [3.63, 3.8) is 0 Å². The topological polar surface area (TPSA) is 104 Å². The van der Waals surface area contributed by atoms with Crippen molar-refractivity contribution in [1.82, 2.24) is 30.2 Å². The van der Waals surface area contributed by atoms with Gasteiger partial charge in [-0.1, -0.05) is 43.3 Å². The van der Waals surface area contributed by atoms with Gasteiger partial charge in [0.15, 0.2) is 5.69 Å². The minimum atomic E-state index is -0.284. The first kappa shape index (κ1) is 18.8. The number of hydrogen-bond acceptors (Lipinski definition) is 4. The molecule has 0 aliphatic rings. The second-order valence-corrected chi connectivity index (χ2v) is 7.30. The van der Waals surface area contributed by atoms with E-state index < -0.39 is 0 Å². The van der Waals surface area contributed by atoms with E-state index in [2.05, 4.69) is 49.9 Å². The summed E-state index contributed by atoms with van der Waals surface area (Å²) in [5.74, 6) is -0.284. The zero-order chi connectivity index (χ0) is 21.2. The van der Waals surface area contributed by atoms with Gasteiger partial charge in [0.1, 0.15) is 0 Å². The lowest BCUT2D eigenvalue weighted by molar-refractivity contribution is 0.102. The van der Waals surface area contributed by atoms with Crippen LogP contribution in [0.3, 0.4) is 0 Å². The molecule has 0 unspecified atom stereocenters. The number of H-pyrrole nitrogens is 2. The summed E-state index contributed by atoms with van der Waals surface area (Å²) in [7, 11) is 0. The fourth-order valence-electron chi connectivity index (χ4n) is 3.79. The standard InChI is InChI=1S/C23H21N7O/c1-2-21(15-6-4-3-5-7-15)30-14-17(13-25-30)26-23(31)22-18-9-8-16(12-20(18)28-29-22)19-10-11-24-27-19/h3-14,21H,2H2,1H3,(H,24,27)(H,26,31)(H,28,29)/t21-/m0/s1. The molecule has 5 rings (SSSR count). The van der Waals surface area contributed by atoms with Crippen molar-refractivity contribution in [2.45, 2.75) is 19.4 Å². The van der Waals surface area contributed by atoms with Crippen molar-refractivity contribution in [1.29, 1.82) is 0 Å². The minimum absolute atomic E-state index is 0.110. The molecule has 154 valence electrons. The zero-order valence-electron chi connectivity index (χ0n) is 16.9. The van der Waals surface area contributed by atoms with Crippen molar-refractivity contribution in [2.75, 3.05) is 5.32 Å². The maximum atomic E-state index is 12.9. The number of anilines is 1. The Morgan fingerprint density at radius 3 is 2.77 bits per heavy atom. The second-order valence-electron chi connectivity index (χ2n) is 7.30. The highest BCUT2D eigenvalue weighted by atomic mass is 16.2. The first-order chi connectivity index (χ1) is 15.2. The lowest BCUT2D eigenvalue weighted by atomic mass is 10.1. The summed E-state index contributed by atoms with van der Waals surface area (Å²) in [6.45, 7) is 2.12. The summed E-state index contributed by atoms with van der Waals surface area (Å²) in [6.07, 6.45) is 6.10. The van der Waals surface area contributed by atoms with E-state index >= 15 is 0 Å². The van der Waals surface area contributed by atoms with Crippen molar-refractivity contribution in [3.05, 3.63) is 84.4 Å². The molecule has 5 aromatic rings. The number of fused-ring (bicyclic) bond motifs is 1. The van der Waals surface area contributed by atoms with E-state index in [9.17, 15) is 4.79 Å². The molecule has 1 atom stereocenters. The number of aromatic amines is 2. The largest absolute Gasteiger partial charge is 0.318 e. The number of nitrogens with one attached hydrogen (secondary N) is 3. The van der Waals surface area contributed by atoms with Gasteiger partial charge in [0, 0.05) is 23.3 Å². The van der Waals surface area contributed by atoms with E-state index in [1.165, 1.54) is 5.56 Å². The summed E-state index contributed by atoms with van der Waals surface area (Å²) in [6, 6.07) is 18.0. The third kappa shape index (κ3) is 3.59. The monoisotopic (exact) mass is 411 g/mol. The van der Waals surface area contributed by atoms with Gasteiger partial charge in [-0.25, -0.2) is 0 Å². The van der Waals surface area contributed by atoms with Crippen LogP contribution in [0.2, 0.25) is 0 Å². The third-order valence-corrected chi connectivity index (χ3v) is 5.34. The highest BCUT2D eigenvalue weighted by molar-refractivity contribution is 6.11. The third-order valence-electron chi connectivity index (χ3n) is 5.34. The van der Waals surface area contributed by atoms with Crippen LogP contribution in [0.5, 0.6) is 0 Å². The Balaban J connectivity index is 1.36. The van der Waals surface area contributed by atoms with E-state index in [0.29, 0.717) is 11.4 Å². The number of carbonyl (C=O) groups excluding carboxylic acids is 1. The van der Waals surface area contributed by atoms with E-state index in [4.69, 9.17) is 0 Å². The Morgan fingerprint density at radius 2 is 2.00 bits per heavy atom. The van der Waals surface area contributed by atoms with Crippen LogP contribution in [0, 0.1) is 0 Å². The quantitative estimate of drug-likeness (QED) is 0.385. The summed E-state index contributed by atoms with van der Waals surface area (Å²) in [5.41, 5.74) is 4.80. The Labute approximate surface area is 178 Å². The molecule has 1 amide bonds. The molecule has 8 heteroatoms. The van der Waals surface area contributed by atoms with Crippen molar-refractivity contribution in [3.8, 4) is 11.3 Å². The second kappa shape index (κ2) is 7.91. The Morgan fingerprint density at radius 1 is 1.13 bits per heavy atom. The molecule has 3 N–H and O–H groups in total. The molecule has 31 heavy (non-hydrogen) atoms. The Hall–Kier alpha value is -4.20. The average molecular weight is 411 g/mol. The minimum Gasteiger partial charge on any atom is -0.318 e. The van der Waals surface area contributed by atoms with E-state index in [0.717, 1.165) is 28.6 Å². The van der Waals surface area contributed by atoms with Crippen LogP contribution >= 0.6 is 0 Å². The highest BCUT2D eigenvalue weighted by Crippen LogP contribution is 2.25. The molecule has 3 aromatic heterocycles. The molecule has 0 saturated carbocycles. The van der Waals surface area contributed by atoms with Gasteiger partial charge in [0.05, 0.1) is 29.1 Å². The number of rotatable bonds is 6. The van der Waals surface area contributed by atoms with Crippen LogP contribution in [0.4, 0.5) is 5.69 Å². The molecule has 0 fully saturated rings. The number of amides is 1. The fourth-order valence-corrected chi connectivity index (χ4v) is 3.79. The first-order valence-electron chi connectivity index (χ1n) is 10.1. The van der Waals surface area contributed by atoms with E-state index in [1.807, 2.05) is 53.3 Å². The van der Waals surface area contributed by atoms with Crippen LogP contribution in [0.25, 0.3) is 22.2 Å². The molecule has 8 nitrogen and oxygen atoms in total. The molecule has 2 aromatic carbocycles.